The summed E-state index contributed by atoms with van der Waals surface area (Å²) in [5, 5.41) is 3.54. The van der Waals surface area contributed by atoms with Crippen LogP contribution in [0.1, 0.15) is 51.8 Å². The van der Waals surface area contributed by atoms with Gasteiger partial charge in [0.05, 0.1) is 28.1 Å². The van der Waals surface area contributed by atoms with Crippen molar-refractivity contribution in [2.24, 2.45) is 0 Å². The van der Waals surface area contributed by atoms with Crippen LogP contribution in [0, 0.1) is 0 Å². The van der Waals surface area contributed by atoms with Crippen molar-refractivity contribution in [3.63, 3.8) is 0 Å². The number of hydrogen-bond donors (Lipinski definition) is 1. The van der Waals surface area contributed by atoms with E-state index in [1.165, 1.54) is 6.07 Å². The van der Waals surface area contributed by atoms with Crippen molar-refractivity contribution in [1.82, 2.24) is 0 Å². The number of rotatable bonds is 4. The Morgan fingerprint density at radius 1 is 0.906 bits per heavy atom. The van der Waals surface area contributed by atoms with Gasteiger partial charge in [-0.1, -0.05) is 29.8 Å². The molecule has 0 aromatic heterocycles. The standard InChI is InChI=1S/C25H21ClN2O4/c1-25(2,3)32-24(31)20-13-15(26)9-12-21(20)27-16-10-11-18-19(14-16)23(30)28(22(18)29)17-7-5-4-6-8-17/h4-14,27H,1-3H3. The van der Waals surface area contributed by atoms with Crippen LogP contribution in [0.15, 0.2) is 66.7 Å². The molecule has 2 amide bonds. The minimum absolute atomic E-state index is 0.265. The molecule has 0 spiro atoms. The molecule has 162 valence electrons. The molecule has 0 saturated heterocycles. The van der Waals surface area contributed by atoms with Crippen LogP contribution in [-0.4, -0.2) is 23.4 Å². The molecule has 1 aliphatic heterocycles. The van der Waals surface area contributed by atoms with Gasteiger partial charge in [0.2, 0.25) is 0 Å². The van der Waals surface area contributed by atoms with Gasteiger partial charge >= 0.3 is 5.97 Å². The summed E-state index contributed by atoms with van der Waals surface area (Å²) >= 11 is 6.10. The number of nitrogens with one attached hydrogen (secondary N) is 1. The number of hydrogen-bond acceptors (Lipinski definition) is 5. The summed E-state index contributed by atoms with van der Waals surface area (Å²) in [5.74, 6) is -1.29. The van der Waals surface area contributed by atoms with Crippen molar-refractivity contribution in [2.75, 3.05) is 10.2 Å². The first kappa shape index (κ1) is 21.6. The van der Waals surface area contributed by atoms with Crippen molar-refractivity contribution in [3.05, 3.63) is 88.4 Å². The molecule has 1 aliphatic rings. The topological polar surface area (TPSA) is 75.7 Å². The van der Waals surface area contributed by atoms with Gasteiger partial charge in [0.1, 0.15) is 5.60 Å². The molecular formula is C25H21ClN2O4. The average Bonchev–Trinajstić information content (AvgIpc) is 2.98. The molecule has 0 bridgehead atoms. The summed E-state index contributed by atoms with van der Waals surface area (Å²) < 4.78 is 5.48. The van der Waals surface area contributed by atoms with Crippen LogP contribution in [0.3, 0.4) is 0 Å². The van der Waals surface area contributed by atoms with Crippen molar-refractivity contribution in [3.8, 4) is 0 Å². The number of carbonyl (C=O) groups excluding carboxylic acids is 3. The van der Waals surface area contributed by atoms with E-state index in [4.69, 9.17) is 16.3 Å². The Morgan fingerprint density at radius 3 is 2.28 bits per heavy atom. The zero-order chi connectivity index (χ0) is 23.0. The summed E-state index contributed by atoms with van der Waals surface area (Å²) in [6.07, 6.45) is 0. The van der Waals surface area contributed by atoms with Crippen molar-refractivity contribution in [2.45, 2.75) is 26.4 Å². The Kier molecular flexibility index (Phi) is 5.48. The number of imide groups is 1. The molecule has 1 N–H and O–H groups in total. The highest BCUT2D eigenvalue weighted by Gasteiger charge is 2.36. The van der Waals surface area contributed by atoms with Crippen LogP contribution < -0.4 is 10.2 Å². The molecule has 0 atom stereocenters. The molecule has 1 heterocycles. The Balaban J connectivity index is 1.65. The van der Waals surface area contributed by atoms with E-state index < -0.39 is 17.5 Å². The summed E-state index contributed by atoms with van der Waals surface area (Å²) in [7, 11) is 0. The number of anilines is 3. The Labute approximate surface area is 190 Å². The van der Waals surface area contributed by atoms with Crippen LogP contribution in [0.4, 0.5) is 17.1 Å². The summed E-state index contributed by atoms with van der Waals surface area (Å²) in [4.78, 5) is 39.6. The van der Waals surface area contributed by atoms with Crippen LogP contribution in [-0.2, 0) is 4.74 Å². The number of halogens is 1. The van der Waals surface area contributed by atoms with E-state index in [9.17, 15) is 14.4 Å². The van der Waals surface area contributed by atoms with Gasteiger partial charge in [-0.05, 0) is 69.3 Å². The maximum Gasteiger partial charge on any atom is 0.340 e. The lowest BCUT2D eigenvalue weighted by atomic mass is 10.1. The second-order valence-electron chi connectivity index (χ2n) is 8.36. The minimum Gasteiger partial charge on any atom is -0.456 e. The van der Waals surface area contributed by atoms with Gasteiger partial charge in [-0.25, -0.2) is 9.69 Å². The van der Waals surface area contributed by atoms with Gasteiger partial charge < -0.3 is 10.1 Å². The third-order valence-corrected chi connectivity index (χ3v) is 5.02. The van der Waals surface area contributed by atoms with E-state index in [2.05, 4.69) is 5.32 Å². The highest BCUT2D eigenvalue weighted by Crippen LogP contribution is 2.32. The van der Waals surface area contributed by atoms with Gasteiger partial charge in [0.25, 0.3) is 11.8 Å². The number of benzene rings is 3. The predicted molar refractivity (Wildman–Crippen MR) is 124 cm³/mol. The number of nitrogens with zero attached hydrogens (tertiary/aromatic N) is 1. The number of fused-ring (bicyclic) bond motifs is 1. The van der Waals surface area contributed by atoms with Gasteiger partial charge in [-0.15, -0.1) is 0 Å². The second-order valence-corrected chi connectivity index (χ2v) is 8.79. The second kappa shape index (κ2) is 8.13. The highest BCUT2D eigenvalue weighted by atomic mass is 35.5. The monoisotopic (exact) mass is 448 g/mol. The quantitative estimate of drug-likeness (QED) is 0.401. The molecule has 3 aromatic carbocycles. The van der Waals surface area contributed by atoms with Crippen LogP contribution in [0.25, 0.3) is 0 Å². The fraction of sp³-hybridized carbons (Fsp3) is 0.160. The Bertz CT molecular complexity index is 1230. The van der Waals surface area contributed by atoms with E-state index in [0.29, 0.717) is 27.6 Å². The lowest BCUT2D eigenvalue weighted by molar-refractivity contribution is 0.00705. The van der Waals surface area contributed by atoms with Crippen molar-refractivity contribution >= 4 is 46.4 Å². The fourth-order valence-electron chi connectivity index (χ4n) is 3.41. The largest absolute Gasteiger partial charge is 0.456 e. The first-order valence-electron chi connectivity index (χ1n) is 10.0. The number of amides is 2. The summed E-state index contributed by atoms with van der Waals surface area (Å²) in [5.41, 5.74) is 1.74. The van der Waals surface area contributed by atoms with Gasteiger partial charge in [0.15, 0.2) is 0 Å². The zero-order valence-electron chi connectivity index (χ0n) is 17.8. The molecule has 0 unspecified atom stereocenters. The molecule has 7 heteroatoms. The third kappa shape index (κ3) is 4.22. The smallest absolute Gasteiger partial charge is 0.340 e. The first-order valence-corrected chi connectivity index (χ1v) is 10.4. The zero-order valence-corrected chi connectivity index (χ0v) is 18.6. The van der Waals surface area contributed by atoms with E-state index in [1.807, 2.05) is 6.07 Å². The van der Waals surface area contributed by atoms with E-state index in [-0.39, 0.29) is 17.0 Å². The highest BCUT2D eigenvalue weighted by molar-refractivity contribution is 6.34. The van der Waals surface area contributed by atoms with Crippen LogP contribution in [0.5, 0.6) is 0 Å². The average molecular weight is 449 g/mol. The van der Waals surface area contributed by atoms with E-state index in [1.54, 1.807) is 75.4 Å². The molecule has 0 radical (unpaired) electrons. The van der Waals surface area contributed by atoms with Crippen molar-refractivity contribution in [1.29, 1.82) is 0 Å². The molecule has 0 aliphatic carbocycles. The number of para-hydroxylation sites is 1. The molecule has 3 aromatic rings. The maximum absolute atomic E-state index is 13.0. The van der Waals surface area contributed by atoms with E-state index in [0.717, 1.165) is 4.90 Å². The summed E-state index contributed by atoms with van der Waals surface area (Å²) in [6, 6.07) is 18.5. The number of ether oxygens (including phenoxy) is 1. The molecule has 4 rings (SSSR count). The van der Waals surface area contributed by atoms with Crippen LogP contribution in [0.2, 0.25) is 5.02 Å². The lowest BCUT2D eigenvalue weighted by Gasteiger charge is -2.21. The van der Waals surface area contributed by atoms with E-state index >= 15 is 0 Å². The van der Waals surface area contributed by atoms with Crippen LogP contribution >= 0.6 is 11.6 Å². The Hall–Kier alpha value is -3.64. The molecule has 32 heavy (non-hydrogen) atoms. The minimum atomic E-state index is -0.669. The van der Waals surface area contributed by atoms with Gasteiger partial charge in [-0.2, -0.15) is 0 Å². The maximum atomic E-state index is 13.0. The van der Waals surface area contributed by atoms with Gasteiger partial charge in [-0.3, -0.25) is 9.59 Å². The predicted octanol–water partition coefficient (Wildman–Crippen LogP) is 5.84. The Morgan fingerprint density at radius 2 is 1.59 bits per heavy atom. The lowest BCUT2D eigenvalue weighted by Crippen LogP contribution is -2.29. The fourth-order valence-corrected chi connectivity index (χ4v) is 3.59. The SMILES string of the molecule is CC(C)(C)OC(=O)c1cc(Cl)ccc1Nc1ccc2c(c1)C(=O)N(c1ccccc1)C2=O. The first-order chi connectivity index (χ1) is 15.1. The molecular weight excluding hydrogens is 428 g/mol. The summed E-state index contributed by atoms with van der Waals surface area (Å²) in [6.45, 7) is 5.35. The molecule has 0 saturated carbocycles. The normalized spacial score (nSPS) is 13.2. The van der Waals surface area contributed by atoms with Crippen molar-refractivity contribution < 1.29 is 19.1 Å². The third-order valence-electron chi connectivity index (χ3n) is 4.78. The molecule has 6 nitrogen and oxygen atoms in total. The van der Waals surface area contributed by atoms with Gasteiger partial charge in [0, 0.05) is 10.7 Å². The number of carbonyl (C=O) groups is 3. The molecule has 0 fully saturated rings. The number of esters is 1.